The molecule has 3 nitrogen and oxygen atoms in total. The second-order valence-corrected chi connectivity index (χ2v) is 9.16. The third-order valence-corrected chi connectivity index (χ3v) is 5.76. The zero-order valence-electron chi connectivity index (χ0n) is 18.9. The van der Waals surface area contributed by atoms with Crippen molar-refractivity contribution in [1.29, 1.82) is 0 Å². The van der Waals surface area contributed by atoms with Crippen molar-refractivity contribution in [3.8, 4) is 0 Å². The molecule has 0 aromatic heterocycles. The van der Waals surface area contributed by atoms with Gasteiger partial charge >= 0.3 is 0 Å². The molecule has 0 aliphatic carbocycles. The monoisotopic (exact) mass is 383 g/mol. The fourth-order valence-electron chi connectivity index (χ4n) is 3.85. The van der Waals surface area contributed by atoms with Gasteiger partial charge < -0.3 is 14.4 Å². The van der Waals surface area contributed by atoms with Gasteiger partial charge in [-0.25, -0.2) is 0 Å². The molecule has 0 amide bonds. The lowest BCUT2D eigenvalue weighted by Crippen LogP contribution is -2.41. The molecule has 0 aliphatic rings. The van der Waals surface area contributed by atoms with E-state index in [-0.39, 0.29) is 6.42 Å². The van der Waals surface area contributed by atoms with Crippen LogP contribution in [0.5, 0.6) is 0 Å². The lowest BCUT2D eigenvalue weighted by molar-refractivity contribution is -0.890. The SMILES string of the molecule is CCCCCCCCCCCCCCCCCC[N+](C)(C)CCCC(=O)[O-]. The summed E-state index contributed by atoms with van der Waals surface area (Å²) >= 11 is 0. The Morgan fingerprint density at radius 3 is 1.30 bits per heavy atom. The van der Waals surface area contributed by atoms with E-state index in [2.05, 4.69) is 21.0 Å². The Morgan fingerprint density at radius 1 is 0.593 bits per heavy atom. The standard InChI is InChI=1S/C24H49NO2/c1-4-5-6-7-8-9-10-11-12-13-14-15-16-17-18-19-22-25(2,3)23-20-21-24(26)27/h4-23H2,1-3H3. The van der Waals surface area contributed by atoms with E-state index >= 15 is 0 Å². The number of aliphatic carboxylic acids is 1. The van der Waals surface area contributed by atoms with Crippen molar-refractivity contribution in [3.05, 3.63) is 0 Å². The fraction of sp³-hybridized carbons (Fsp3) is 0.958. The van der Waals surface area contributed by atoms with E-state index in [1.807, 2.05) is 0 Å². The smallest absolute Gasteiger partial charge is 0.0786 e. The summed E-state index contributed by atoms with van der Waals surface area (Å²) in [6, 6.07) is 0. The molecular weight excluding hydrogens is 334 g/mol. The highest BCUT2D eigenvalue weighted by molar-refractivity contribution is 5.64. The zero-order valence-corrected chi connectivity index (χ0v) is 18.9. The Morgan fingerprint density at radius 2 is 0.926 bits per heavy atom. The topological polar surface area (TPSA) is 40.1 Å². The molecule has 0 aromatic carbocycles. The van der Waals surface area contributed by atoms with E-state index in [1.54, 1.807) is 0 Å². The lowest BCUT2D eigenvalue weighted by atomic mass is 10.0. The highest BCUT2D eigenvalue weighted by Gasteiger charge is 2.13. The molecule has 0 saturated carbocycles. The van der Waals surface area contributed by atoms with Crippen molar-refractivity contribution in [2.24, 2.45) is 0 Å². The molecule has 0 aliphatic heterocycles. The highest BCUT2D eigenvalue weighted by atomic mass is 16.4. The summed E-state index contributed by atoms with van der Waals surface area (Å²) in [6.07, 6.45) is 23.4. The van der Waals surface area contributed by atoms with E-state index in [1.165, 1.54) is 103 Å². The number of hydrogen-bond acceptors (Lipinski definition) is 2. The first-order valence-electron chi connectivity index (χ1n) is 12.0. The van der Waals surface area contributed by atoms with Crippen LogP contribution in [0.3, 0.4) is 0 Å². The van der Waals surface area contributed by atoms with E-state index in [0.29, 0.717) is 0 Å². The van der Waals surface area contributed by atoms with Crippen LogP contribution in [0, 0.1) is 0 Å². The predicted molar refractivity (Wildman–Crippen MR) is 116 cm³/mol. The molecule has 0 aromatic rings. The molecule has 27 heavy (non-hydrogen) atoms. The number of hydrogen-bond donors (Lipinski definition) is 0. The summed E-state index contributed by atoms with van der Waals surface area (Å²) in [7, 11) is 4.42. The van der Waals surface area contributed by atoms with Gasteiger partial charge in [-0.2, -0.15) is 0 Å². The van der Waals surface area contributed by atoms with Crippen molar-refractivity contribution in [2.45, 2.75) is 122 Å². The number of unbranched alkanes of at least 4 members (excludes halogenated alkanes) is 15. The molecular formula is C24H49NO2. The van der Waals surface area contributed by atoms with E-state index in [9.17, 15) is 9.90 Å². The van der Waals surface area contributed by atoms with Gasteiger partial charge in [0.15, 0.2) is 0 Å². The number of carbonyl (C=O) groups is 1. The minimum absolute atomic E-state index is 0.195. The number of carboxylic acids is 1. The van der Waals surface area contributed by atoms with Gasteiger partial charge in [-0.05, 0) is 19.3 Å². The van der Waals surface area contributed by atoms with E-state index in [0.717, 1.165) is 24.0 Å². The van der Waals surface area contributed by atoms with E-state index in [4.69, 9.17) is 0 Å². The van der Waals surface area contributed by atoms with Crippen LogP contribution in [0.4, 0.5) is 0 Å². The molecule has 0 spiro atoms. The van der Waals surface area contributed by atoms with Crippen LogP contribution in [0.1, 0.15) is 122 Å². The summed E-state index contributed by atoms with van der Waals surface area (Å²) in [5.41, 5.74) is 0. The van der Waals surface area contributed by atoms with Gasteiger partial charge in [-0.1, -0.05) is 96.8 Å². The van der Waals surface area contributed by atoms with Gasteiger partial charge in [0.05, 0.1) is 27.2 Å². The van der Waals surface area contributed by atoms with Gasteiger partial charge in [0.2, 0.25) is 0 Å². The minimum atomic E-state index is -0.919. The third kappa shape index (κ3) is 21.6. The van der Waals surface area contributed by atoms with Gasteiger partial charge in [0, 0.05) is 12.4 Å². The quantitative estimate of drug-likeness (QED) is 0.184. The predicted octanol–water partition coefficient (Wildman–Crippen LogP) is 5.85. The first-order valence-corrected chi connectivity index (χ1v) is 12.0. The van der Waals surface area contributed by atoms with E-state index < -0.39 is 5.97 Å². The van der Waals surface area contributed by atoms with Gasteiger partial charge in [0.1, 0.15) is 0 Å². The fourth-order valence-corrected chi connectivity index (χ4v) is 3.85. The molecule has 0 saturated heterocycles. The molecule has 0 unspecified atom stereocenters. The molecule has 0 heterocycles. The van der Waals surface area contributed by atoms with Crippen molar-refractivity contribution >= 4 is 5.97 Å². The average Bonchev–Trinajstić information content (AvgIpc) is 2.60. The summed E-state index contributed by atoms with van der Waals surface area (Å²) in [5.74, 6) is -0.919. The molecule has 0 rings (SSSR count). The van der Waals surface area contributed by atoms with Crippen LogP contribution in [-0.4, -0.2) is 37.6 Å². The molecule has 0 fully saturated rings. The van der Waals surface area contributed by atoms with Gasteiger partial charge in [-0.15, -0.1) is 0 Å². The lowest BCUT2D eigenvalue weighted by Gasteiger charge is -2.30. The Kier molecular flexibility index (Phi) is 18.4. The summed E-state index contributed by atoms with van der Waals surface area (Å²) < 4.78 is 0.936. The summed E-state index contributed by atoms with van der Waals surface area (Å²) in [6.45, 7) is 4.38. The van der Waals surface area contributed by atoms with Crippen molar-refractivity contribution < 1.29 is 14.4 Å². The minimum Gasteiger partial charge on any atom is -0.550 e. The van der Waals surface area contributed by atoms with Gasteiger partial charge in [0.25, 0.3) is 0 Å². The molecule has 162 valence electrons. The average molecular weight is 384 g/mol. The molecule has 0 bridgehead atoms. The maximum atomic E-state index is 10.5. The highest BCUT2D eigenvalue weighted by Crippen LogP contribution is 2.14. The van der Waals surface area contributed by atoms with Crippen LogP contribution in [0.15, 0.2) is 0 Å². The van der Waals surface area contributed by atoms with Gasteiger partial charge in [-0.3, -0.25) is 0 Å². The van der Waals surface area contributed by atoms with Crippen LogP contribution in [-0.2, 0) is 4.79 Å². The summed E-state index contributed by atoms with van der Waals surface area (Å²) in [5, 5.41) is 10.5. The first kappa shape index (κ1) is 26.4. The largest absolute Gasteiger partial charge is 0.550 e. The van der Waals surface area contributed by atoms with Crippen molar-refractivity contribution in [2.75, 3.05) is 27.2 Å². The third-order valence-electron chi connectivity index (χ3n) is 5.76. The van der Waals surface area contributed by atoms with Crippen molar-refractivity contribution in [3.63, 3.8) is 0 Å². The second-order valence-electron chi connectivity index (χ2n) is 9.16. The molecule has 0 N–H and O–H groups in total. The van der Waals surface area contributed by atoms with Crippen molar-refractivity contribution in [1.82, 2.24) is 0 Å². The Balaban J connectivity index is 3.23. The molecule has 3 heteroatoms. The zero-order chi connectivity index (χ0) is 20.2. The van der Waals surface area contributed by atoms with Crippen LogP contribution >= 0.6 is 0 Å². The maximum absolute atomic E-state index is 10.5. The molecule has 0 atom stereocenters. The summed E-state index contributed by atoms with van der Waals surface area (Å²) in [4.78, 5) is 10.5. The van der Waals surface area contributed by atoms with Crippen LogP contribution in [0.2, 0.25) is 0 Å². The Hall–Kier alpha value is -0.570. The number of nitrogens with zero attached hydrogens (tertiary/aromatic N) is 1. The maximum Gasteiger partial charge on any atom is 0.0786 e. The number of rotatable bonds is 21. The molecule has 0 radical (unpaired) electrons. The Labute approximate surface area is 170 Å². The number of carbonyl (C=O) groups excluding carboxylic acids is 1. The van der Waals surface area contributed by atoms with Crippen LogP contribution < -0.4 is 5.11 Å². The first-order chi connectivity index (χ1) is 13.0. The van der Waals surface area contributed by atoms with Crippen LogP contribution in [0.25, 0.3) is 0 Å². The Bertz CT molecular complexity index is 328. The number of carboxylic acid groups (broad SMARTS) is 1. The normalized spacial score (nSPS) is 11.8. The second kappa shape index (κ2) is 18.8. The number of quaternary nitrogens is 1.